The molecule has 2 fully saturated rings. The van der Waals surface area contributed by atoms with Crippen molar-refractivity contribution in [1.29, 1.82) is 0 Å². The number of aromatic nitrogens is 2. The van der Waals surface area contributed by atoms with E-state index in [-0.39, 0.29) is 5.78 Å². The van der Waals surface area contributed by atoms with Gasteiger partial charge in [0.2, 0.25) is 5.75 Å². The zero-order valence-corrected chi connectivity index (χ0v) is 23.0. The molecule has 39 heavy (non-hydrogen) atoms. The van der Waals surface area contributed by atoms with Gasteiger partial charge in [-0.1, -0.05) is 17.7 Å². The number of ether oxygens (including phenoxy) is 3. The molecule has 3 heterocycles. The van der Waals surface area contributed by atoms with Crippen molar-refractivity contribution in [2.75, 3.05) is 64.9 Å². The Balaban J connectivity index is 1.20. The highest BCUT2D eigenvalue weighted by atomic mass is 35.5. The van der Waals surface area contributed by atoms with Crippen LogP contribution in [0.25, 0.3) is 10.9 Å². The number of hydrogen-bond acceptors (Lipinski definition) is 9. The Morgan fingerprint density at radius 3 is 2.67 bits per heavy atom. The largest absolute Gasteiger partial charge is 0.488 e. The van der Waals surface area contributed by atoms with Gasteiger partial charge in [0.25, 0.3) is 0 Å². The molecule has 3 aromatic rings. The number of anilines is 2. The second-order valence-corrected chi connectivity index (χ2v) is 11.0. The third-order valence-electron chi connectivity index (χ3n) is 7.56. The van der Waals surface area contributed by atoms with Gasteiger partial charge in [0, 0.05) is 62.3 Å². The number of carbonyl (C=O) groups is 1. The van der Waals surface area contributed by atoms with Crippen molar-refractivity contribution in [1.82, 2.24) is 19.8 Å². The zero-order chi connectivity index (χ0) is 26.8. The van der Waals surface area contributed by atoms with E-state index in [2.05, 4.69) is 32.1 Å². The van der Waals surface area contributed by atoms with Gasteiger partial charge in [0.05, 0.1) is 10.9 Å². The van der Waals surface area contributed by atoms with Gasteiger partial charge in [-0.15, -0.1) is 0 Å². The van der Waals surface area contributed by atoms with Gasteiger partial charge in [0.15, 0.2) is 11.5 Å². The normalized spacial score (nSPS) is 17.8. The van der Waals surface area contributed by atoms with E-state index in [1.165, 1.54) is 6.33 Å². The SMILES string of the molecule is CN1CCN(CCOc2cc3ncnc(Nc4ccc(CC(=O)CC5CC5)c(Cl)c4)c3c3c2OCCO3)CC1. The summed E-state index contributed by atoms with van der Waals surface area (Å²) in [6.45, 7) is 6.49. The number of halogens is 1. The fourth-order valence-electron chi connectivity index (χ4n) is 5.10. The first kappa shape index (κ1) is 26.1. The zero-order valence-electron chi connectivity index (χ0n) is 22.2. The molecule has 2 aliphatic heterocycles. The van der Waals surface area contributed by atoms with E-state index < -0.39 is 0 Å². The predicted octanol–water partition coefficient (Wildman–Crippen LogP) is 4.34. The molecule has 0 unspecified atom stereocenters. The van der Waals surface area contributed by atoms with Crippen LogP contribution in [0.5, 0.6) is 17.2 Å². The van der Waals surface area contributed by atoms with Gasteiger partial charge in [-0.2, -0.15) is 0 Å². The first-order chi connectivity index (χ1) is 19.0. The van der Waals surface area contributed by atoms with E-state index in [0.717, 1.165) is 62.2 Å². The number of benzene rings is 2. The van der Waals surface area contributed by atoms with Crippen LogP contribution in [0, 0.1) is 5.92 Å². The molecule has 1 saturated heterocycles. The second kappa shape index (κ2) is 11.5. The molecule has 0 radical (unpaired) electrons. The summed E-state index contributed by atoms with van der Waals surface area (Å²) in [5.74, 6) is 3.17. The van der Waals surface area contributed by atoms with Crippen molar-refractivity contribution in [3.63, 3.8) is 0 Å². The van der Waals surface area contributed by atoms with E-state index in [0.29, 0.717) is 72.2 Å². The maximum absolute atomic E-state index is 12.3. The lowest BCUT2D eigenvalue weighted by Crippen LogP contribution is -2.45. The molecule has 9 nitrogen and oxygen atoms in total. The standard InChI is InChI=1S/C29H34ClN5O4/c1-34-6-8-35(9-7-34)10-11-37-25-17-24-26(28-27(25)38-12-13-39-28)29(32-18-31-24)33-21-5-4-20(23(30)16-21)15-22(36)14-19-2-3-19/h4-5,16-19H,2-3,6-15H2,1H3,(H,31,32,33). The van der Waals surface area contributed by atoms with Crippen LogP contribution in [-0.4, -0.2) is 85.1 Å². The summed E-state index contributed by atoms with van der Waals surface area (Å²) in [5.41, 5.74) is 2.30. The minimum atomic E-state index is 0.243. The molecule has 0 bridgehead atoms. The van der Waals surface area contributed by atoms with Crippen molar-refractivity contribution >= 4 is 39.8 Å². The van der Waals surface area contributed by atoms with Gasteiger partial charge in [-0.05, 0) is 43.5 Å². The third-order valence-corrected chi connectivity index (χ3v) is 7.91. The van der Waals surface area contributed by atoms with Crippen molar-refractivity contribution in [2.45, 2.75) is 25.7 Å². The molecule has 1 aromatic heterocycles. The van der Waals surface area contributed by atoms with Crippen molar-refractivity contribution in [2.24, 2.45) is 5.92 Å². The molecule has 1 N–H and O–H groups in total. The van der Waals surface area contributed by atoms with Crippen molar-refractivity contribution < 1.29 is 19.0 Å². The third kappa shape index (κ3) is 6.21. The average Bonchev–Trinajstić information content (AvgIpc) is 3.75. The monoisotopic (exact) mass is 551 g/mol. The number of piperazine rings is 1. The number of nitrogens with zero attached hydrogens (tertiary/aromatic N) is 4. The highest BCUT2D eigenvalue weighted by Crippen LogP contribution is 2.47. The van der Waals surface area contributed by atoms with Gasteiger partial charge in [-0.25, -0.2) is 9.97 Å². The van der Waals surface area contributed by atoms with Crippen LogP contribution in [0.15, 0.2) is 30.6 Å². The van der Waals surface area contributed by atoms with Gasteiger partial charge >= 0.3 is 0 Å². The minimum Gasteiger partial charge on any atom is -0.488 e. The lowest BCUT2D eigenvalue weighted by molar-refractivity contribution is -0.118. The molecule has 6 rings (SSSR count). The number of nitrogens with one attached hydrogen (secondary N) is 1. The molecular weight excluding hydrogens is 518 g/mol. The van der Waals surface area contributed by atoms with Gasteiger partial charge in [-0.3, -0.25) is 9.69 Å². The average molecular weight is 552 g/mol. The maximum atomic E-state index is 12.3. The Kier molecular flexibility index (Phi) is 7.72. The molecule has 0 atom stereocenters. The Bertz CT molecular complexity index is 1360. The van der Waals surface area contributed by atoms with Crippen molar-refractivity contribution in [3.05, 3.63) is 41.2 Å². The summed E-state index contributed by atoms with van der Waals surface area (Å²) in [4.78, 5) is 26.1. The molecule has 206 valence electrons. The lowest BCUT2D eigenvalue weighted by Gasteiger charge is -2.32. The van der Waals surface area contributed by atoms with Crippen LogP contribution < -0.4 is 19.5 Å². The number of likely N-dealkylation sites (N-methyl/N-ethyl adjacent to an activating group) is 1. The van der Waals surface area contributed by atoms with E-state index >= 15 is 0 Å². The second-order valence-electron chi connectivity index (χ2n) is 10.6. The number of fused-ring (bicyclic) bond motifs is 3. The Morgan fingerprint density at radius 2 is 1.90 bits per heavy atom. The summed E-state index contributed by atoms with van der Waals surface area (Å²) >= 11 is 6.57. The summed E-state index contributed by atoms with van der Waals surface area (Å²) in [6.07, 6.45) is 4.86. The summed E-state index contributed by atoms with van der Waals surface area (Å²) in [6, 6.07) is 7.54. The minimum absolute atomic E-state index is 0.243. The van der Waals surface area contributed by atoms with E-state index in [1.807, 2.05) is 24.3 Å². The van der Waals surface area contributed by atoms with Crippen LogP contribution >= 0.6 is 11.6 Å². The number of carbonyl (C=O) groups excluding carboxylic acids is 1. The number of Topliss-reactive ketones (excluding diaryl/α,β-unsaturated/α-hetero) is 1. The fraction of sp³-hybridized carbons (Fsp3) is 0.483. The lowest BCUT2D eigenvalue weighted by atomic mass is 10.0. The molecule has 3 aliphatic rings. The Labute approximate surface area is 233 Å². The predicted molar refractivity (Wildman–Crippen MR) is 151 cm³/mol. The Hall–Kier alpha value is -3.14. The van der Waals surface area contributed by atoms with Gasteiger partial charge < -0.3 is 24.4 Å². The summed E-state index contributed by atoms with van der Waals surface area (Å²) in [7, 11) is 2.15. The molecule has 10 heteroatoms. The molecule has 0 spiro atoms. The number of ketones is 1. The first-order valence-corrected chi connectivity index (χ1v) is 14.1. The van der Waals surface area contributed by atoms with Crippen LogP contribution in [0.4, 0.5) is 11.5 Å². The molecule has 1 saturated carbocycles. The van der Waals surface area contributed by atoms with Crippen LogP contribution in [0.1, 0.15) is 24.8 Å². The maximum Gasteiger partial charge on any atom is 0.204 e. The Morgan fingerprint density at radius 1 is 1.10 bits per heavy atom. The molecular formula is C29H34ClN5O4. The quantitative estimate of drug-likeness (QED) is 0.395. The van der Waals surface area contributed by atoms with E-state index in [4.69, 9.17) is 25.8 Å². The number of rotatable bonds is 10. The molecule has 0 amide bonds. The van der Waals surface area contributed by atoms with Crippen molar-refractivity contribution in [3.8, 4) is 17.2 Å². The first-order valence-electron chi connectivity index (χ1n) is 13.7. The van der Waals surface area contributed by atoms with Crippen LogP contribution in [-0.2, 0) is 11.2 Å². The fourth-order valence-corrected chi connectivity index (χ4v) is 5.35. The smallest absolute Gasteiger partial charge is 0.204 e. The van der Waals surface area contributed by atoms with E-state index in [9.17, 15) is 4.79 Å². The summed E-state index contributed by atoms with van der Waals surface area (Å²) < 4.78 is 18.3. The highest BCUT2D eigenvalue weighted by Gasteiger charge is 2.26. The van der Waals surface area contributed by atoms with Gasteiger partial charge in [0.1, 0.15) is 37.7 Å². The topological polar surface area (TPSA) is 89.1 Å². The highest BCUT2D eigenvalue weighted by molar-refractivity contribution is 6.31. The van der Waals surface area contributed by atoms with Crippen LogP contribution in [0.3, 0.4) is 0 Å². The number of hydrogen-bond donors (Lipinski definition) is 1. The molecule has 1 aliphatic carbocycles. The van der Waals surface area contributed by atoms with Crippen LogP contribution in [0.2, 0.25) is 5.02 Å². The van der Waals surface area contributed by atoms with E-state index in [1.54, 1.807) is 0 Å². The summed E-state index contributed by atoms with van der Waals surface area (Å²) in [5, 5.41) is 4.64. The molecule has 2 aromatic carbocycles.